The lowest BCUT2D eigenvalue weighted by atomic mass is 10.1. The summed E-state index contributed by atoms with van der Waals surface area (Å²) < 4.78 is 0. The van der Waals surface area contributed by atoms with Gasteiger partial charge in [-0.3, -0.25) is 4.99 Å². The van der Waals surface area contributed by atoms with Crippen LogP contribution in [0.3, 0.4) is 0 Å². The van der Waals surface area contributed by atoms with Crippen LogP contribution in [0, 0.1) is 0 Å². The zero-order valence-corrected chi connectivity index (χ0v) is 10.9. The van der Waals surface area contributed by atoms with Gasteiger partial charge in [0.1, 0.15) is 0 Å². The van der Waals surface area contributed by atoms with Gasteiger partial charge in [0.05, 0.1) is 5.54 Å². The molecule has 0 amide bonds. The highest BCUT2D eigenvalue weighted by Crippen LogP contribution is 2.28. The minimum Gasteiger partial charge on any atom is -0.335 e. The van der Waals surface area contributed by atoms with Gasteiger partial charge >= 0.3 is 0 Å². The Bertz CT molecular complexity index is 410. The van der Waals surface area contributed by atoms with E-state index in [4.69, 9.17) is 0 Å². The molecule has 0 aromatic heterocycles. The van der Waals surface area contributed by atoms with Gasteiger partial charge in [-0.2, -0.15) is 0 Å². The summed E-state index contributed by atoms with van der Waals surface area (Å²) in [6, 6.07) is 8.42. The minimum atomic E-state index is 0.0775. The van der Waals surface area contributed by atoms with Crippen molar-refractivity contribution in [1.82, 2.24) is 0 Å². The van der Waals surface area contributed by atoms with E-state index in [9.17, 15) is 0 Å². The summed E-state index contributed by atoms with van der Waals surface area (Å²) in [6.07, 6.45) is 1.05. The van der Waals surface area contributed by atoms with E-state index >= 15 is 0 Å². The number of nitrogens with zero attached hydrogens (tertiary/aromatic N) is 1. The summed E-state index contributed by atoms with van der Waals surface area (Å²) in [5.74, 6) is 1.06. The number of amidine groups is 1. The molecule has 3 heteroatoms. The standard InChI is InChI=1S/C13H18N2S/c1-4-10-7-5-6-8-11(10)14-12-15-13(2,3)9-16-12/h5-8H,4,9H2,1-3H3,(H,14,15). The maximum Gasteiger partial charge on any atom is 0.161 e. The number of benzene rings is 1. The number of nitrogens with one attached hydrogen (secondary N) is 1. The van der Waals surface area contributed by atoms with E-state index in [1.807, 2.05) is 0 Å². The number of thioether (sulfide) groups is 1. The predicted octanol–water partition coefficient (Wildman–Crippen LogP) is 3.54. The maximum absolute atomic E-state index is 4.66. The molecule has 1 heterocycles. The van der Waals surface area contributed by atoms with Gasteiger partial charge in [0.25, 0.3) is 0 Å². The third-order valence-electron chi connectivity index (χ3n) is 2.61. The monoisotopic (exact) mass is 234 g/mol. The van der Waals surface area contributed by atoms with E-state index in [-0.39, 0.29) is 5.54 Å². The Kier molecular flexibility index (Phi) is 3.24. The molecule has 1 aromatic rings. The second-order valence-corrected chi connectivity index (χ2v) is 5.62. The molecule has 0 saturated heterocycles. The summed E-state index contributed by atoms with van der Waals surface area (Å²) in [5.41, 5.74) is 2.61. The molecule has 2 nitrogen and oxygen atoms in total. The third-order valence-corrected chi connectivity index (χ3v) is 3.92. The zero-order chi connectivity index (χ0) is 11.6. The lowest BCUT2D eigenvalue weighted by molar-refractivity contribution is 0.605. The van der Waals surface area contributed by atoms with Crippen molar-refractivity contribution in [2.45, 2.75) is 32.7 Å². The van der Waals surface area contributed by atoms with Crippen molar-refractivity contribution in [3.8, 4) is 0 Å². The quantitative estimate of drug-likeness (QED) is 0.846. The summed E-state index contributed by atoms with van der Waals surface area (Å²) in [4.78, 5) is 4.66. The normalized spacial score (nSPS) is 18.3. The highest BCUT2D eigenvalue weighted by Gasteiger charge is 2.25. The Balaban J connectivity index is 2.16. The van der Waals surface area contributed by atoms with Crippen molar-refractivity contribution < 1.29 is 0 Å². The lowest BCUT2D eigenvalue weighted by Crippen LogP contribution is -2.15. The van der Waals surface area contributed by atoms with Crippen LogP contribution in [0.1, 0.15) is 26.3 Å². The van der Waals surface area contributed by atoms with Gasteiger partial charge in [0.15, 0.2) is 5.17 Å². The molecule has 0 aliphatic carbocycles. The van der Waals surface area contributed by atoms with Gasteiger partial charge in [-0.05, 0) is 31.9 Å². The number of hydrogen-bond donors (Lipinski definition) is 1. The fourth-order valence-electron chi connectivity index (χ4n) is 1.71. The minimum absolute atomic E-state index is 0.0775. The van der Waals surface area contributed by atoms with Gasteiger partial charge in [-0.1, -0.05) is 36.9 Å². The van der Waals surface area contributed by atoms with Gasteiger partial charge in [-0.25, -0.2) is 0 Å². The average molecular weight is 234 g/mol. The first kappa shape index (κ1) is 11.5. The highest BCUT2D eigenvalue weighted by atomic mass is 32.2. The third kappa shape index (κ3) is 2.59. The van der Waals surface area contributed by atoms with Crippen LogP contribution in [0.5, 0.6) is 0 Å². The number of rotatable bonds is 2. The van der Waals surface area contributed by atoms with Crippen molar-refractivity contribution in [2.24, 2.45) is 4.99 Å². The van der Waals surface area contributed by atoms with E-state index in [2.05, 4.69) is 55.3 Å². The maximum atomic E-state index is 4.66. The number of anilines is 1. The topological polar surface area (TPSA) is 24.4 Å². The first-order valence-corrected chi connectivity index (χ1v) is 6.67. The molecule has 86 valence electrons. The van der Waals surface area contributed by atoms with Crippen molar-refractivity contribution in [3.05, 3.63) is 29.8 Å². The first-order chi connectivity index (χ1) is 7.61. The van der Waals surface area contributed by atoms with Crippen LogP contribution < -0.4 is 5.32 Å². The fourth-order valence-corrected chi connectivity index (χ4v) is 2.76. The predicted molar refractivity (Wildman–Crippen MR) is 73.4 cm³/mol. The van der Waals surface area contributed by atoms with Crippen molar-refractivity contribution in [1.29, 1.82) is 0 Å². The molecule has 0 fully saturated rings. The number of aliphatic imine (C=N–C) groups is 1. The SMILES string of the molecule is CCc1ccccc1NC1=NC(C)(C)CS1. The Morgan fingerprint density at radius 1 is 1.38 bits per heavy atom. The molecular weight excluding hydrogens is 216 g/mol. The van der Waals surface area contributed by atoms with E-state index < -0.39 is 0 Å². The zero-order valence-electron chi connectivity index (χ0n) is 10.1. The van der Waals surface area contributed by atoms with Crippen LogP contribution in [0.4, 0.5) is 5.69 Å². The summed E-state index contributed by atoms with van der Waals surface area (Å²) in [6.45, 7) is 6.51. The van der Waals surface area contributed by atoms with E-state index in [1.165, 1.54) is 11.3 Å². The molecule has 1 aliphatic heterocycles. The van der Waals surface area contributed by atoms with E-state index in [0.717, 1.165) is 17.3 Å². The van der Waals surface area contributed by atoms with Gasteiger partial charge < -0.3 is 5.32 Å². The molecule has 0 radical (unpaired) electrons. The van der Waals surface area contributed by atoms with Gasteiger partial charge in [0.2, 0.25) is 0 Å². The number of para-hydroxylation sites is 1. The molecule has 0 unspecified atom stereocenters. The summed E-state index contributed by atoms with van der Waals surface area (Å²) in [5, 5.41) is 4.48. The van der Waals surface area contributed by atoms with E-state index in [1.54, 1.807) is 11.8 Å². The fraction of sp³-hybridized carbons (Fsp3) is 0.462. The Morgan fingerprint density at radius 3 is 2.75 bits per heavy atom. The second-order valence-electron chi connectivity index (χ2n) is 4.65. The van der Waals surface area contributed by atoms with Crippen LogP contribution in [0.15, 0.2) is 29.3 Å². The molecule has 0 atom stereocenters. The van der Waals surface area contributed by atoms with Crippen LogP contribution >= 0.6 is 11.8 Å². The Hall–Kier alpha value is -0.960. The molecule has 1 aliphatic rings. The van der Waals surface area contributed by atoms with Gasteiger partial charge in [-0.15, -0.1) is 0 Å². The smallest absolute Gasteiger partial charge is 0.161 e. The first-order valence-electron chi connectivity index (χ1n) is 5.68. The molecular formula is C13H18N2S. The summed E-state index contributed by atoms with van der Waals surface area (Å²) in [7, 11) is 0. The highest BCUT2D eigenvalue weighted by molar-refractivity contribution is 8.14. The van der Waals surface area contributed by atoms with Crippen molar-refractivity contribution in [2.75, 3.05) is 11.1 Å². The number of aryl methyl sites for hydroxylation is 1. The van der Waals surface area contributed by atoms with Crippen LogP contribution in [0.2, 0.25) is 0 Å². The Labute approximate surface area is 102 Å². The number of hydrogen-bond acceptors (Lipinski definition) is 3. The van der Waals surface area contributed by atoms with E-state index in [0.29, 0.717) is 0 Å². The summed E-state index contributed by atoms with van der Waals surface area (Å²) >= 11 is 1.80. The Morgan fingerprint density at radius 2 is 2.12 bits per heavy atom. The molecule has 2 rings (SSSR count). The van der Waals surface area contributed by atoms with Crippen LogP contribution in [0.25, 0.3) is 0 Å². The average Bonchev–Trinajstić information content (AvgIpc) is 2.59. The molecule has 0 bridgehead atoms. The molecule has 0 saturated carbocycles. The molecule has 1 aromatic carbocycles. The van der Waals surface area contributed by atoms with Crippen LogP contribution in [-0.2, 0) is 6.42 Å². The van der Waals surface area contributed by atoms with Gasteiger partial charge in [0, 0.05) is 11.4 Å². The second kappa shape index (κ2) is 4.50. The molecule has 0 spiro atoms. The van der Waals surface area contributed by atoms with Crippen molar-refractivity contribution >= 4 is 22.6 Å². The lowest BCUT2D eigenvalue weighted by Gasteiger charge is -2.10. The molecule has 1 N–H and O–H groups in total. The largest absolute Gasteiger partial charge is 0.335 e. The van der Waals surface area contributed by atoms with Crippen molar-refractivity contribution in [3.63, 3.8) is 0 Å². The molecule has 16 heavy (non-hydrogen) atoms. The van der Waals surface area contributed by atoms with Crippen LogP contribution in [-0.4, -0.2) is 16.5 Å².